The van der Waals surface area contributed by atoms with E-state index in [1.165, 1.54) is 19.0 Å². The van der Waals surface area contributed by atoms with Crippen LogP contribution in [0.25, 0.3) is 0 Å². The van der Waals surface area contributed by atoms with Gasteiger partial charge in [0.2, 0.25) is 0 Å². The minimum absolute atomic E-state index is 0.887. The van der Waals surface area contributed by atoms with E-state index in [4.69, 9.17) is 4.43 Å². The average molecular weight is 349 g/mol. The van der Waals surface area contributed by atoms with E-state index in [2.05, 4.69) is 75.6 Å². The summed E-state index contributed by atoms with van der Waals surface area (Å²) >= 11 is 0. The van der Waals surface area contributed by atoms with Crippen LogP contribution in [0.2, 0.25) is 58.4 Å². The van der Waals surface area contributed by atoms with Crippen LogP contribution in [0.4, 0.5) is 0 Å². The van der Waals surface area contributed by atoms with E-state index < -0.39 is 24.8 Å². The summed E-state index contributed by atoms with van der Waals surface area (Å²) in [6.45, 7) is 22.9. The average Bonchev–Trinajstić information content (AvgIpc) is 2.19. The molecule has 6 heteroatoms. The topological polar surface area (TPSA) is 15.7 Å². The van der Waals surface area contributed by atoms with E-state index >= 15 is 0 Å². The van der Waals surface area contributed by atoms with Gasteiger partial charge in [-0.15, -0.1) is 0 Å². The third-order valence-electron chi connectivity index (χ3n) is 3.81. The van der Waals surface area contributed by atoms with Gasteiger partial charge < -0.3 is 13.6 Å². The van der Waals surface area contributed by atoms with Crippen LogP contribution >= 0.6 is 0 Å². The Morgan fingerprint density at radius 3 is 1.62 bits per heavy atom. The summed E-state index contributed by atoms with van der Waals surface area (Å²) < 4.78 is 9.09. The van der Waals surface area contributed by atoms with Gasteiger partial charge in [-0.25, -0.2) is 0 Å². The van der Waals surface area contributed by atoms with Crippen LogP contribution in [0.15, 0.2) is 0 Å². The smallest absolute Gasteiger partial charge is 0.186 e. The monoisotopic (exact) mass is 348 g/mol. The number of hydrogen-bond donors (Lipinski definition) is 0. The third kappa shape index (κ3) is 10.0. The molecule has 0 aliphatic rings. The van der Waals surface area contributed by atoms with Crippen molar-refractivity contribution in [3.05, 3.63) is 0 Å². The van der Waals surface area contributed by atoms with Crippen molar-refractivity contribution in [2.45, 2.75) is 64.8 Å². The molecule has 0 amide bonds. The van der Waals surface area contributed by atoms with E-state index in [0.29, 0.717) is 0 Å². The molecule has 0 bridgehead atoms. The Kier molecular flexibility index (Phi) is 8.61. The second-order valence-corrected chi connectivity index (χ2v) is 23.5. The minimum atomic E-state index is -1.48. The number of rotatable bonds is 10. The molecule has 0 aromatic rings. The molecule has 0 aromatic carbocycles. The standard InChI is InChI=1S/C15H40N2OSi3/c1-16(2)13-14-18-21(9,10)15-11-12-17(19(3,4)5)20(6,7)8/h11-15H2,1-10H3. The highest BCUT2D eigenvalue weighted by molar-refractivity contribution is 6.89. The summed E-state index contributed by atoms with van der Waals surface area (Å²) in [4.78, 5) is 2.20. The third-order valence-corrected chi connectivity index (χ3v) is 14.1. The van der Waals surface area contributed by atoms with E-state index in [-0.39, 0.29) is 0 Å². The molecule has 0 saturated heterocycles. The lowest BCUT2D eigenvalue weighted by atomic mass is 10.5. The molecule has 0 aliphatic heterocycles. The Bertz CT molecular complexity index is 282. The summed E-state index contributed by atoms with van der Waals surface area (Å²) in [7, 11) is 0.349. The van der Waals surface area contributed by atoms with Crippen LogP contribution in [0.1, 0.15) is 6.42 Å². The van der Waals surface area contributed by atoms with Crippen molar-refractivity contribution in [1.29, 1.82) is 0 Å². The molecule has 0 N–H and O–H groups in total. The lowest BCUT2D eigenvalue weighted by molar-refractivity contribution is 0.252. The van der Waals surface area contributed by atoms with Crippen molar-refractivity contribution in [2.75, 3.05) is 33.8 Å². The van der Waals surface area contributed by atoms with Crippen molar-refractivity contribution in [2.24, 2.45) is 0 Å². The Morgan fingerprint density at radius 2 is 1.24 bits per heavy atom. The minimum Gasteiger partial charge on any atom is -0.416 e. The van der Waals surface area contributed by atoms with E-state index in [1.54, 1.807) is 0 Å². The predicted molar refractivity (Wildman–Crippen MR) is 105 cm³/mol. The zero-order chi connectivity index (χ0) is 16.9. The normalized spacial score (nSPS) is 14.3. The van der Waals surface area contributed by atoms with Crippen LogP contribution in [0.3, 0.4) is 0 Å². The fourth-order valence-corrected chi connectivity index (χ4v) is 14.4. The highest BCUT2D eigenvalue weighted by atomic mass is 28.4. The zero-order valence-corrected chi connectivity index (χ0v) is 19.3. The number of likely N-dealkylation sites (N-methyl/N-ethyl adjacent to an activating group) is 1. The Balaban J connectivity index is 4.31. The fraction of sp³-hybridized carbons (Fsp3) is 1.00. The molecule has 3 nitrogen and oxygen atoms in total. The maximum Gasteiger partial charge on any atom is 0.186 e. The Hall–Kier alpha value is 0.531. The quantitative estimate of drug-likeness (QED) is 0.552. The largest absolute Gasteiger partial charge is 0.416 e. The highest BCUT2D eigenvalue weighted by Gasteiger charge is 2.34. The van der Waals surface area contributed by atoms with Gasteiger partial charge in [0.1, 0.15) is 16.5 Å². The lowest BCUT2D eigenvalue weighted by Crippen LogP contribution is -2.59. The first-order valence-electron chi connectivity index (χ1n) is 8.32. The van der Waals surface area contributed by atoms with Crippen molar-refractivity contribution in [1.82, 2.24) is 9.13 Å². The van der Waals surface area contributed by atoms with Crippen molar-refractivity contribution < 1.29 is 4.43 Å². The molecule has 21 heavy (non-hydrogen) atoms. The molecule has 0 spiro atoms. The van der Waals surface area contributed by atoms with Gasteiger partial charge >= 0.3 is 0 Å². The molecule has 128 valence electrons. The van der Waals surface area contributed by atoms with Gasteiger partial charge in [0.25, 0.3) is 0 Å². The van der Waals surface area contributed by atoms with Crippen LogP contribution < -0.4 is 0 Å². The Labute approximate surface area is 137 Å². The summed E-state index contributed by atoms with van der Waals surface area (Å²) in [6, 6.07) is 1.28. The van der Waals surface area contributed by atoms with Crippen LogP contribution in [-0.2, 0) is 4.43 Å². The van der Waals surface area contributed by atoms with Crippen LogP contribution in [-0.4, -0.2) is 67.7 Å². The molecule has 0 saturated carbocycles. The highest BCUT2D eigenvalue weighted by Crippen LogP contribution is 2.22. The van der Waals surface area contributed by atoms with Gasteiger partial charge in [-0.2, -0.15) is 0 Å². The van der Waals surface area contributed by atoms with Gasteiger partial charge in [-0.3, -0.25) is 0 Å². The summed E-state index contributed by atoms with van der Waals surface area (Å²) in [5, 5.41) is 0. The maximum atomic E-state index is 6.19. The van der Waals surface area contributed by atoms with E-state index in [1.807, 2.05) is 0 Å². The van der Waals surface area contributed by atoms with Crippen molar-refractivity contribution in [3.63, 3.8) is 0 Å². The Morgan fingerprint density at radius 1 is 0.762 bits per heavy atom. The number of hydrogen-bond acceptors (Lipinski definition) is 3. The van der Waals surface area contributed by atoms with Gasteiger partial charge in [0.05, 0.1) is 0 Å². The summed E-state index contributed by atoms with van der Waals surface area (Å²) in [5.41, 5.74) is 0. The molecule has 0 rings (SSSR count). The molecule has 0 aliphatic carbocycles. The zero-order valence-electron chi connectivity index (χ0n) is 16.3. The second kappa shape index (κ2) is 8.40. The van der Waals surface area contributed by atoms with Crippen molar-refractivity contribution in [3.8, 4) is 0 Å². The van der Waals surface area contributed by atoms with E-state index in [0.717, 1.165) is 13.2 Å². The molecule has 0 heterocycles. The maximum absolute atomic E-state index is 6.19. The van der Waals surface area contributed by atoms with Gasteiger partial charge in [0, 0.05) is 13.2 Å². The van der Waals surface area contributed by atoms with Gasteiger partial charge in [0.15, 0.2) is 8.32 Å². The predicted octanol–water partition coefficient (Wildman–Crippen LogP) is 4.13. The SMILES string of the molecule is CN(C)CCO[Si](C)(C)CCCN([Si](C)(C)C)[Si](C)(C)C. The van der Waals surface area contributed by atoms with Gasteiger partial charge in [-0.05, 0) is 46.2 Å². The van der Waals surface area contributed by atoms with Crippen LogP contribution in [0, 0.1) is 0 Å². The second-order valence-electron chi connectivity index (χ2n) is 9.01. The van der Waals surface area contributed by atoms with Crippen molar-refractivity contribution >= 4 is 24.8 Å². The fourth-order valence-electron chi connectivity index (χ4n) is 2.92. The van der Waals surface area contributed by atoms with E-state index in [9.17, 15) is 0 Å². The molecular weight excluding hydrogens is 308 g/mol. The molecule has 0 aromatic heterocycles. The first kappa shape index (κ1) is 21.5. The first-order chi connectivity index (χ1) is 9.26. The number of nitrogens with zero attached hydrogens (tertiary/aromatic N) is 2. The van der Waals surface area contributed by atoms with Crippen LogP contribution in [0.5, 0.6) is 0 Å². The molecule has 0 atom stereocenters. The molecule has 0 unspecified atom stereocenters. The first-order valence-corrected chi connectivity index (χ1v) is 18.3. The molecule has 0 fully saturated rings. The molecular formula is C15H40N2OSi3. The molecule has 0 radical (unpaired) electrons. The summed E-state index contributed by atoms with van der Waals surface area (Å²) in [6.07, 6.45) is 1.30. The lowest BCUT2D eigenvalue weighted by Gasteiger charge is -2.44. The summed E-state index contributed by atoms with van der Waals surface area (Å²) in [5.74, 6) is 0. The van der Waals surface area contributed by atoms with Gasteiger partial charge in [-0.1, -0.05) is 39.3 Å².